The first-order chi connectivity index (χ1) is 20.7. The van der Waals surface area contributed by atoms with E-state index in [1.54, 1.807) is 42.5 Å². The molecule has 5 N–H and O–H groups in total. The number of rotatable bonds is 12. The molecule has 0 aliphatic rings. The minimum atomic E-state index is -0.461. The van der Waals surface area contributed by atoms with E-state index in [0.29, 0.717) is 58.1 Å². The number of imidazole rings is 1. The zero-order valence-electron chi connectivity index (χ0n) is 23.0. The third-order valence-corrected chi connectivity index (χ3v) is 7.73. The Hall–Kier alpha value is -4.44. The van der Waals surface area contributed by atoms with E-state index < -0.39 is 17.5 Å². The fourth-order valence-electron chi connectivity index (χ4n) is 5.07. The number of aromatic amines is 2. The molecule has 0 spiro atoms. The fourth-order valence-corrected chi connectivity index (χ4v) is 5.50. The van der Waals surface area contributed by atoms with E-state index in [4.69, 9.17) is 33.9 Å². The summed E-state index contributed by atoms with van der Waals surface area (Å²) in [6.45, 7) is 0.613. The van der Waals surface area contributed by atoms with Gasteiger partial charge < -0.3 is 20.8 Å². The van der Waals surface area contributed by atoms with Gasteiger partial charge in [0.25, 0.3) is 5.56 Å². The zero-order chi connectivity index (χ0) is 30.5. The first-order valence-electron chi connectivity index (χ1n) is 13.6. The summed E-state index contributed by atoms with van der Waals surface area (Å²) < 4.78 is 0. The number of nitrogens with two attached hydrogens (primary N) is 1. The minimum absolute atomic E-state index is 0.0834. The number of nitrogens with one attached hydrogen (secondary N) is 2. The molecule has 0 saturated heterocycles. The summed E-state index contributed by atoms with van der Waals surface area (Å²) in [6, 6.07) is 22.4. The monoisotopic (exact) mass is 617 g/mol. The molecule has 220 valence electrons. The molecule has 9 nitrogen and oxygen atoms in total. The van der Waals surface area contributed by atoms with Crippen LogP contribution in [0.1, 0.15) is 40.6 Å². The molecule has 2 aromatic heterocycles. The topological polar surface area (TPSA) is 145 Å². The fraction of sp³-hybridized carbons (Fsp3) is 0.188. The third kappa shape index (κ3) is 7.32. The molecule has 0 radical (unpaired) electrons. The molecule has 1 amide bonds. The number of H-pyrrole nitrogens is 2. The summed E-state index contributed by atoms with van der Waals surface area (Å²) in [4.78, 5) is 49.5. The Morgan fingerprint density at radius 3 is 2.44 bits per heavy atom. The molecular formula is C32H29Cl2N5O4. The lowest BCUT2D eigenvalue weighted by atomic mass is 10.0. The lowest BCUT2D eigenvalue weighted by Crippen LogP contribution is -2.35. The highest BCUT2D eigenvalue weighted by Crippen LogP contribution is 2.34. The summed E-state index contributed by atoms with van der Waals surface area (Å²) in [7, 11) is 0. The van der Waals surface area contributed by atoms with E-state index in [0.717, 1.165) is 11.6 Å². The predicted molar refractivity (Wildman–Crippen MR) is 167 cm³/mol. The van der Waals surface area contributed by atoms with Crippen molar-refractivity contribution in [2.75, 3.05) is 13.1 Å². The number of carbonyl (C=O) groups excluding carboxylic acids is 2. The SMILES string of the molecule is NC(=O)CCN(CCC(=O)c1cccc(Cl)c1)C(Cc1ccccc1)c1nc(-c2ccc3[nH]c(=O)cc(O)c3c2)c(Cl)[nH]1. The van der Waals surface area contributed by atoms with Gasteiger partial charge in [-0.25, -0.2) is 4.98 Å². The van der Waals surface area contributed by atoms with Crippen LogP contribution in [0.5, 0.6) is 5.75 Å². The number of fused-ring (bicyclic) bond motifs is 1. The summed E-state index contributed by atoms with van der Waals surface area (Å²) in [5.74, 6) is -0.167. The van der Waals surface area contributed by atoms with Gasteiger partial charge in [0.1, 0.15) is 22.4 Å². The van der Waals surface area contributed by atoms with Crippen molar-refractivity contribution in [3.05, 3.63) is 116 Å². The summed E-state index contributed by atoms with van der Waals surface area (Å²) in [5.41, 5.74) is 8.20. The number of primary amides is 1. The van der Waals surface area contributed by atoms with Crippen LogP contribution < -0.4 is 11.3 Å². The van der Waals surface area contributed by atoms with Crippen molar-refractivity contribution in [3.63, 3.8) is 0 Å². The van der Waals surface area contributed by atoms with Crippen LogP contribution in [0.25, 0.3) is 22.2 Å². The number of benzene rings is 3. The van der Waals surface area contributed by atoms with Crippen molar-refractivity contribution in [2.24, 2.45) is 5.73 Å². The number of aromatic nitrogens is 3. The quantitative estimate of drug-likeness (QED) is 0.133. The number of Topliss-reactive ketones (excluding diaryl/α,β-unsaturated/α-hetero) is 1. The summed E-state index contributed by atoms with van der Waals surface area (Å²) >= 11 is 12.8. The van der Waals surface area contributed by atoms with Gasteiger partial charge >= 0.3 is 0 Å². The average Bonchev–Trinajstić information content (AvgIpc) is 3.37. The van der Waals surface area contributed by atoms with Crippen molar-refractivity contribution in [3.8, 4) is 17.0 Å². The van der Waals surface area contributed by atoms with Crippen LogP contribution in [0.4, 0.5) is 0 Å². The summed E-state index contributed by atoms with van der Waals surface area (Å²) in [6.07, 6.45) is 0.766. The molecule has 3 aromatic carbocycles. The second-order valence-corrected chi connectivity index (χ2v) is 11.0. The maximum absolute atomic E-state index is 13.1. The lowest BCUT2D eigenvalue weighted by Gasteiger charge is -2.30. The van der Waals surface area contributed by atoms with E-state index in [1.807, 2.05) is 35.2 Å². The van der Waals surface area contributed by atoms with Crippen LogP contribution >= 0.6 is 23.2 Å². The summed E-state index contributed by atoms with van der Waals surface area (Å²) in [5, 5.41) is 11.6. The molecule has 5 rings (SSSR count). The zero-order valence-corrected chi connectivity index (χ0v) is 24.5. The molecule has 0 fully saturated rings. The molecule has 11 heteroatoms. The van der Waals surface area contributed by atoms with E-state index in [-0.39, 0.29) is 29.5 Å². The molecule has 43 heavy (non-hydrogen) atoms. The van der Waals surface area contributed by atoms with Gasteiger partial charge in [-0.3, -0.25) is 19.3 Å². The molecule has 1 unspecified atom stereocenters. The number of amides is 1. The smallest absolute Gasteiger partial charge is 0.252 e. The third-order valence-electron chi connectivity index (χ3n) is 7.22. The largest absolute Gasteiger partial charge is 0.507 e. The maximum Gasteiger partial charge on any atom is 0.252 e. The van der Waals surface area contributed by atoms with Crippen LogP contribution in [-0.4, -0.2) is 49.7 Å². The van der Waals surface area contributed by atoms with Gasteiger partial charge in [-0.1, -0.05) is 71.7 Å². The van der Waals surface area contributed by atoms with Gasteiger partial charge in [0.2, 0.25) is 5.91 Å². The second-order valence-electron chi connectivity index (χ2n) is 10.2. The average molecular weight is 619 g/mol. The van der Waals surface area contributed by atoms with Gasteiger partial charge in [0.05, 0.1) is 11.6 Å². The Bertz CT molecular complexity index is 1840. The maximum atomic E-state index is 13.1. The number of hydrogen-bond donors (Lipinski definition) is 4. The molecule has 2 heterocycles. The number of carbonyl (C=O) groups is 2. The highest BCUT2D eigenvalue weighted by Gasteiger charge is 2.27. The van der Waals surface area contributed by atoms with E-state index in [1.165, 1.54) is 0 Å². The number of halogens is 2. The number of hydrogen-bond acceptors (Lipinski definition) is 6. The standard InChI is InChI=1S/C32H29Cl2N5O4/c33-22-8-4-7-20(16-22)26(40)11-13-39(14-12-28(35)42)25(15-19-5-2-1-3-6-19)32-37-30(31(34)38-32)21-9-10-24-23(17-21)27(41)18-29(43)36-24/h1-10,16-18,25H,11-15H2,(H2,35,42)(H,37,38)(H2,36,41,43). The van der Waals surface area contributed by atoms with Crippen molar-refractivity contribution in [1.82, 2.24) is 19.9 Å². The van der Waals surface area contributed by atoms with Gasteiger partial charge in [0.15, 0.2) is 5.78 Å². The highest BCUT2D eigenvalue weighted by atomic mass is 35.5. The lowest BCUT2D eigenvalue weighted by molar-refractivity contribution is -0.118. The number of nitrogens with zero attached hydrogens (tertiary/aromatic N) is 2. The number of aromatic hydroxyl groups is 1. The Balaban J connectivity index is 1.51. The van der Waals surface area contributed by atoms with Crippen LogP contribution in [0, 0.1) is 0 Å². The first kappa shape index (κ1) is 30.0. The van der Waals surface area contributed by atoms with Gasteiger partial charge in [-0.15, -0.1) is 0 Å². The molecule has 5 aromatic rings. The van der Waals surface area contributed by atoms with Gasteiger partial charge in [-0.05, 0) is 36.2 Å². The van der Waals surface area contributed by atoms with Crippen molar-refractivity contribution in [1.29, 1.82) is 0 Å². The van der Waals surface area contributed by atoms with E-state index in [2.05, 4.69) is 9.97 Å². The molecule has 0 saturated carbocycles. The van der Waals surface area contributed by atoms with Crippen molar-refractivity contribution >= 4 is 45.8 Å². The molecule has 0 bridgehead atoms. The van der Waals surface area contributed by atoms with Crippen LogP contribution in [0.15, 0.2) is 83.7 Å². The van der Waals surface area contributed by atoms with E-state index >= 15 is 0 Å². The second kappa shape index (κ2) is 13.2. The van der Waals surface area contributed by atoms with Crippen molar-refractivity contribution in [2.45, 2.75) is 25.3 Å². The highest BCUT2D eigenvalue weighted by molar-refractivity contribution is 6.32. The number of pyridine rings is 1. The van der Waals surface area contributed by atoms with Gasteiger partial charge in [-0.2, -0.15) is 0 Å². The Morgan fingerprint density at radius 2 is 1.70 bits per heavy atom. The van der Waals surface area contributed by atoms with Crippen molar-refractivity contribution < 1.29 is 14.7 Å². The minimum Gasteiger partial charge on any atom is -0.507 e. The Labute approximate surface area is 257 Å². The Morgan fingerprint density at radius 1 is 0.930 bits per heavy atom. The van der Waals surface area contributed by atoms with Crippen LogP contribution in [-0.2, 0) is 11.2 Å². The first-order valence-corrected chi connectivity index (χ1v) is 14.4. The molecular weight excluding hydrogens is 589 g/mol. The molecule has 1 atom stereocenters. The van der Waals surface area contributed by atoms with E-state index in [9.17, 15) is 19.5 Å². The van der Waals surface area contributed by atoms with Gasteiger partial charge in [0, 0.05) is 53.5 Å². The molecule has 0 aliphatic carbocycles. The van der Waals surface area contributed by atoms with Crippen LogP contribution in [0.3, 0.4) is 0 Å². The normalized spacial score (nSPS) is 12.1. The number of ketones is 1. The molecule has 0 aliphatic heterocycles. The van der Waals surface area contributed by atoms with Crippen LogP contribution in [0.2, 0.25) is 10.2 Å². The Kier molecular flexibility index (Phi) is 9.25. The predicted octanol–water partition coefficient (Wildman–Crippen LogP) is 5.66.